The fourth-order valence-electron chi connectivity index (χ4n) is 2.46. The lowest BCUT2D eigenvalue weighted by Crippen LogP contribution is -2.17. The molecule has 1 aliphatic heterocycles. The molecule has 0 atom stereocenters. The highest BCUT2D eigenvalue weighted by atomic mass is 32.2. The highest BCUT2D eigenvalue weighted by Gasteiger charge is 2.18. The molecule has 3 rings (SSSR count). The van der Waals surface area contributed by atoms with E-state index >= 15 is 0 Å². The van der Waals surface area contributed by atoms with E-state index in [1.54, 1.807) is 18.9 Å². The lowest BCUT2D eigenvalue weighted by atomic mass is 10.2. The van der Waals surface area contributed by atoms with Crippen LogP contribution in [0.5, 0.6) is 11.5 Å². The van der Waals surface area contributed by atoms with Gasteiger partial charge in [-0.25, -0.2) is 0 Å². The Morgan fingerprint density at radius 2 is 1.88 bits per heavy atom. The average molecular weight is 359 g/mol. The van der Waals surface area contributed by atoms with Gasteiger partial charge in [-0.3, -0.25) is 4.79 Å². The van der Waals surface area contributed by atoms with Gasteiger partial charge in [0.05, 0.1) is 5.69 Å². The van der Waals surface area contributed by atoms with Crippen molar-refractivity contribution in [2.45, 2.75) is 22.6 Å². The largest absolute Gasteiger partial charge is 0.486 e. The number of hydrogen-bond acceptors (Lipinski definition) is 5. The van der Waals surface area contributed by atoms with Crippen LogP contribution in [0.25, 0.3) is 0 Å². The predicted octanol–water partition coefficient (Wildman–Crippen LogP) is 3.97. The van der Waals surface area contributed by atoms with Crippen LogP contribution in [0, 0.1) is 0 Å². The molecule has 2 aromatic rings. The lowest BCUT2D eigenvalue weighted by molar-refractivity contribution is -0.116. The fraction of sp³-hybridized carbons (Fsp3) is 0.316. The van der Waals surface area contributed by atoms with Gasteiger partial charge in [0.1, 0.15) is 13.2 Å². The molecule has 0 saturated carbocycles. The van der Waals surface area contributed by atoms with Gasteiger partial charge < -0.3 is 19.5 Å². The van der Waals surface area contributed by atoms with Crippen LogP contribution in [0.4, 0.5) is 5.69 Å². The van der Waals surface area contributed by atoms with Crippen LogP contribution in [0.1, 0.15) is 12.8 Å². The summed E-state index contributed by atoms with van der Waals surface area (Å²) in [5.41, 5.74) is 0.737. The predicted molar refractivity (Wildman–Crippen MR) is 97.7 cm³/mol. The number of nitrogens with one attached hydrogen (secondary N) is 1. The zero-order valence-corrected chi connectivity index (χ0v) is 14.9. The minimum atomic E-state index is -0.0383. The Balaban J connectivity index is 1.82. The van der Waals surface area contributed by atoms with Gasteiger partial charge in [-0.05, 0) is 18.6 Å². The Hall–Kier alpha value is -2.18. The normalized spacial score (nSPS) is 12.7. The second kappa shape index (κ2) is 8.78. The molecule has 5 nitrogen and oxygen atoms in total. The number of carbonyl (C=O) groups is 1. The molecule has 0 radical (unpaired) electrons. The van der Waals surface area contributed by atoms with Crippen LogP contribution in [0.15, 0.2) is 52.3 Å². The molecule has 0 unspecified atom stereocenters. The number of fused-ring (bicyclic) bond motifs is 1. The third-order valence-electron chi connectivity index (χ3n) is 3.64. The molecule has 6 heteroatoms. The first kappa shape index (κ1) is 17.6. The first-order valence-electron chi connectivity index (χ1n) is 8.21. The summed E-state index contributed by atoms with van der Waals surface area (Å²) >= 11 is 1.58. The van der Waals surface area contributed by atoms with E-state index in [1.807, 2.05) is 42.5 Å². The average Bonchev–Trinajstić information content (AvgIpc) is 2.63. The number of ether oxygens (including phenoxy) is 3. The van der Waals surface area contributed by atoms with E-state index in [-0.39, 0.29) is 5.91 Å². The maximum atomic E-state index is 12.2. The van der Waals surface area contributed by atoms with Crippen molar-refractivity contribution < 1.29 is 19.0 Å². The summed E-state index contributed by atoms with van der Waals surface area (Å²) in [5, 5.41) is 2.99. The van der Waals surface area contributed by atoms with Crippen molar-refractivity contribution >= 4 is 23.4 Å². The van der Waals surface area contributed by atoms with Gasteiger partial charge in [-0.15, -0.1) is 0 Å². The summed E-state index contributed by atoms with van der Waals surface area (Å²) in [6.45, 7) is 1.62. The molecule has 132 valence electrons. The monoisotopic (exact) mass is 359 g/mol. The zero-order chi connectivity index (χ0) is 17.5. The number of carbonyl (C=O) groups excluding carboxylic acids is 1. The SMILES string of the molecule is COCCCC(=O)Nc1cc2c(cc1Sc1ccccc1)OCCO2. The van der Waals surface area contributed by atoms with Crippen molar-refractivity contribution in [3.8, 4) is 11.5 Å². The minimum Gasteiger partial charge on any atom is -0.486 e. The van der Waals surface area contributed by atoms with Gasteiger partial charge >= 0.3 is 0 Å². The standard InChI is InChI=1S/C19H21NO4S/c1-22-9-5-8-19(21)20-15-12-16-17(24-11-10-23-16)13-18(15)25-14-6-3-2-4-7-14/h2-4,6-7,12-13H,5,8-11H2,1H3,(H,20,21). The van der Waals surface area contributed by atoms with Gasteiger partial charge in [0.2, 0.25) is 5.91 Å². The molecule has 1 heterocycles. The molecular formula is C19H21NO4S. The number of rotatable bonds is 7. The van der Waals surface area contributed by atoms with E-state index in [9.17, 15) is 4.79 Å². The molecule has 1 aliphatic rings. The molecule has 0 aliphatic carbocycles. The van der Waals surface area contributed by atoms with E-state index in [1.165, 1.54) is 0 Å². The Labute approximate surface area is 151 Å². The minimum absolute atomic E-state index is 0.0383. The molecule has 0 bridgehead atoms. The Morgan fingerprint density at radius 1 is 1.16 bits per heavy atom. The summed E-state index contributed by atoms with van der Waals surface area (Å²) in [6, 6.07) is 13.8. The molecule has 1 amide bonds. The first-order valence-corrected chi connectivity index (χ1v) is 9.03. The number of amides is 1. The van der Waals surface area contributed by atoms with Gasteiger partial charge in [0.25, 0.3) is 0 Å². The lowest BCUT2D eigenvalue weighted by Gasteiger charge is -2.21. The highest BCUT2D eigenvalue weighted by Crippen LogP contribution is 2.42. The summed E-state index contributed by atoms with van der Waals surface area (Å²) in [4.78, 5) is 14.2. The van der Waals surface area contributed by atoms with E-state index in [4.69, 9.17) is 14.2 Å². The van der Waals surface area contributed by atoms with Crippen LogP contribution in [0.2, 0.25) is 0 Å². The van der Waals surface area contributed by atoms with Gasteiger partial charge in [-0.1, -0.05) is 30.0 Å². The third-order valence-corrected chi connectivity index (χ3v) is 4.71. The summed E-state index contributed by atoms with van der Waals surface area (Å²) < 4.78 is 16.3. The van der Waals surface area contributed by atoms with Crippen LogP contribution in [-0.4, -0.2) is 32.8 Å². The molecular weight excluding hydrogens is 338 g/mol. The van der Waals surface area contributed by atoms with E-state index in [2.05, 4.69) is 5.32 Å². The van der Waals surface area contributed by atoms with E-state index in [0.717, 1.165) is 15.5 Å². The first-order chi connectivity index (χ1) is 12.3. The molecule has 0 spiro atoms. The third kappa shape index (κ3) is 4.90. The highest BCUT2D eigenvalue weighted by molar-refractivity contribution is 7.99. The Bertz CT molecular complexity index is 721. The Morgan fingerprint density at radius 3 is 2.60 bits per heavy atom. The molecule has 0 fully saturated rings. The Kier molecular flexibility index (Phi) is 6.19. The topological polar surface area (TPSA) is 56.8 Å². The van der Waals surface area contributed by atoms with Crippen molar-refractivity contribution in [2.24, 2.45) is 0 Å². The summed E-state index contributed by atoms with van der Waals surface area (Å²) in [6.07, 6.45) is 1.10. The molecule has 0 saturated heterocycles. The van der Waals surface area contributed by atoms with Crippen molar-refractivity contribution in [3.63, 3.8) is 0 Å². The smallest absolute Gasteiger partial charge is 0.224 e. The number of anilines is 1. The molecule has 25 heavy (non-hydrogen) atoms. The maximum Gasteiger partial charge on any atom is 0.224 e. The van der Waals surface area contributed by atoms with Crippen molar-refractivity contribution in [3.05, 3.63) is 42.5 Å². The van der Waals surface area contributed by atoms with Crippen LogP contribution in [0.3, 0.4) is 0 Å². The van der Waals surface area contributed by atoms with Crippen LogP contribution >= 0.6 is 11.8 Å². The van der Waals surface area contributed by atoms with Crippen LogP contribution < -0.4 is 14.8 Å². The molecule has 0 aromatic heterocycles. The quantitative estimate of drug-likeness (QED) is 0.758. The van der Waals surface area contributed by atoms with Crippen molar-refractivity contribution in [1.82, 2.24) is 0 Å². The zero-order valence-electron chi connectivity index (χ0n) is 14.1. The van der Waals surface area contributed by atoms with Gasteiger partial charge in [-0.2, -0.15) is 0 Å². The van der Waals surface area contributed by atoms with E-state index in [0.29, 0.717) is 44.2 Å². The second-order valence-electron chi connectivity index (χ2n) is 5.55. The summed E-state index contributed by atoms with van der Waals surface area (Å²) in [5.74, 6) is 1.33. The molecule has 1 N–H and O–H groups in total. The maximum absolute atomic E-state index is 12.2. The van der Waals surface area contributed by atoms with Gasteiger partial charge in [0.15, 0.2) is 11.5 Å². The number of methoxy groups -OCH3 is 1. The van der Waals surface area contributed by atoms with Crippen LogP contribution in [-0.2, 0) is 9.53 Å². The van der Waals surface area contributed by atoms with Gasteiger partial charge in [0, 0.05) is 42.1 Å². The second-order valence-corrected chi connectivity index (χ2v) is 6.67. The molecule has 2 aromatic carbocycles. The fourth-order valence-corrected chi connectivity index (χ4v) is 3.39. The van der Waals surface area contributed by atoms with Crippen molar-refractivity contribution in [1.29, 1.82) is 0 Å². The van der Waals surface area contributed by atoms with E-state index < -0.39 is 0 Å². The number of benzene rings is 2. The number of hydrogen-bond donors (Lipinski definition) is 1. The van der Waals surface area contributed by atoms with Crippen molar-refractivity contribution in [2.75, 3.05) is 32.2 Å². The summed E-state index contributed by atoms with van der Waals surface area (Å²) in [7, 11) is 1.63.